The first-order valence-electron chi connectivity index (χ1n) is 7.39. The van der Waals surface area contributed by atoms with Gasteiger partial charge in [0, 0.05) is 18.2 Å². The minimum absolute atomic E-state index is 0.217. The molecule has 0 heterocycles. The Balaban J connectivity index is 1.98. The number of esters is 1. The summed E-state index contributed by atoms with van der Waals surface area (Å²) < 4.78 is 4.62. The van der Waals surface area contributed by atoms with Crippen molar-refractivity contribution < 1.29 is 19.1 Å². The van der Waals surface area contributed by atoms with Crippen LogP contribution in [0.3, 0.4) is 0 Å². The standard InChI is InChI=1S/C18H17N3O4/c1-12(22)20-16-5-3-4-15(10-16)17(23)21-19-11-13-6-8-14(9-7-13)18(24)25-2/h3-11H,1-2H3,(H,20,22)(H,21,23)/b19-11-. The summed E-state index contributed by atoms with van der Waals surface area (Å²) in [4.78, 5) is 34.4. The number of methoxy groups -OCH3 is 1. The van der Waals surface area contributed by atoms with Gasteiger partial charge in [0.1, 0.15) is 0 Å². The number of ether oxygens (including phenoxy) is 1. The van der Waals surface area contributed by atoms with E-state index in [2.05, 4.69) is 20.6 Å². The Hall–Kier alpha value is -3.48. The lowest BCUT2D eigenvalue weighted by Crippen LogP contribution is -2.18. The van der Waals surface area contributed by atoms with Gasteiger partial charge in [0.2, 0.25) is 5.91 Å². The van der Waals surface area contributed by atoms with Gasteiger partial charge in [-0.2, -0.15) is 5.10 Å². The van der Waals surface area contributed by atoms with E-state index in [9.17, 15) is 14.4 Å². The molecule has 2 N–H and O–H groups in total. The van der Waals surface area contributed by atoms with Crippen LogP contribution in [-0.4, -0.2) is 31.1 Å². The van der Waals surface area contributed by atoms with Gasteiger partial charge < -0.3 is 10.1 Å². The van der Waals surface area contributed by atoms with Crippen molar-refractivity contribution in [2.75, 3.05) is 12.4 Å². The predicted molar refractivity (Wildman–Crippen MR) is 93.6 cm³/mol. The van der Waals surface area contributed by atoms with Crippen LogP contribution in [0.25, 0.3) is 0 Å². The number of rotatable bonds is 5. The van der Waals surface area contributed by atoms with E-state index in [1.165, 1.54) is 20.2 Å². The number of carbonyl (C=O) groups excluding carboxylic acids is 3. The number of nitrogens with zero attached hydrogens (tertiary/aromatic N) is 1. The molecule has 0 aromatic heterocycles. The fourth-order valence-electron chi connectivity index (χ4n) is 1.99. The fraction of sp³-hybridized carbons (Fsp3) is 0.111. The van der Waals surface area contributed by atoms with Gasteiger partial charge in [-0.3, -0.25) is 9.59 Å². The van der Waals surface area contributed by atoms with Crippen LogP contribution < -0.4 is 10.7 Å². The lowest BCUT2D eigenvalue weighted by Gasteiger charge is -2.04. The van der Waals surface area contributed by atoms with Crippen LogP contribution in [0.1, 0.15) is 33.2 Å². The SMILES string of the molecule is COC(=O)c1ccc(/C=N\NC(=O)c2cccc(NC(C)=O)c2)cc1. The number of hydrazone groups is 1. The summed E-state index contributed by atoms with van der Waals surface area (Å²) in [5.74, 6) is -1.04. The maximum atomic E-state index is 12.1. The Morgan fingerprint density at radius 2 is 1.76 bits per heavy atom. The summed E-state index contributed by atoms with van der Waals surface area (Å²) >= 11 is 0. The first-order valence-corrected chi connectivity index (χ1v) is 7.39. The van der Waals surface area contributed by atoms with Crippen LogP contribution in [0.5, 0.6) is 0 Å². The van der Waals surface area contributed by atoms with Gasteiger partial charge in [-0.1, -0.05) is 18.2 Å². The Labute approximate surface area is 144 Å². The van der Waals surface area contributed by atoms with Crippen LogP contribution >= 0.6 is 0 Å². The average Bonchev–Trinajstić information content (AvgIpc) is 2.61. The van der Waals surface area contributed by atoms with E-state index < -0.39 is 11.9 Å². The molecule has 0 saturated carbocycles. The number of carbonyl (C=O) groups is 3. The Kier molecular flexibility index (Phi) is 6.00. The largest absolute Gasteiger partial charge is 0.465 e. The number of benzene rings is 2. The van der Waals surface area contributed by atoms with Crippen molar-refractivity contribution in [1.82, 2.24) is 5.43 Å². The highest BCUT2D eigenvalue weighted by Gasteiger charge is 2.06. The fourth-order valence-corrected chi connectivity index (χ4v) is 1.99. The lowest BCUT2D eigenvalue weighted by molar-refractivity contribution is -0.114. The first kappa shape index (κ1) is 17.9. The molecule has 0 aliphatic heterocycles. The number of amides is 2. The molecule has 2 rings (SSSR count). The molecule has 7 nitrogen and oxygen atoms in total. The Morgan fingerprint density at radius 1 is 1.04 bits per heavy atom. The summed E-state index contributed by atoms with van der Waals surface area (Å²) in [5, 5.41) is 6.48. The molecule has 0 saturated heterocycles. The van der Waals surface area contributed by atoms with Crippen LogP contribution in [0.4, 0.5) is 5.69 Å². The van der Waals surface area contributed by atoms with Crippen molar-refractivity contribution in [2.45, 2.75) is 6.92 Å². The van der Waals surface area contributed by atoms with Gasteiger partial charge in [-0.15, -0.1) is 0 Å². The summed E-state index contributed by atoms with van der Waals surface area (Å²) in [7, 11) is 1.31. The zero-order valence-electron chi connectivity index (χ0n) is 13.8. The highest BCUT2D eigenvalue weighted by Crippen LogP contribution is 2.10. The van der Waals surface area contributed by atoms with Crippen molar-refractivity contribution in [2.24, 2.45) is 5.10 Å². The summed E-state index contributed by atoms with van der Waals surface area (Å²) in [6.45, 7) is 1.39. The van der Waals surface area contributed by atoms with Gasteiger partial charge in [-0.25, -0.2) is 10.2 Å². The van der Waals surface area contributed by atoms with Crippen LogP contribution in [0.15, 0.2) is 53.6 Å². The normalized spacial score (nSPS) is 10.3. The molecule has 7 heteroatoms. The van der Waals surface area contributed by atoms with Crippen molar-refractivity contribution >= 4 is 29.7 Å². The average molecular weight is 339 g/mol. The first-order chi connectivity index (χ1) is 12.0. The monoisotopic (exact) mass is 339 g/mol. The lowest BCUT2D eigenvalue weighted by atomic mass is 10.1. The third-order valence-corrected chi connectivity index (χ3v) is 3.16. The maximum Gasteiger partial charge on any atom is 0.337 e. The molecule has 0 aliphatic rings. The van der Waals surface area contributed by atoms with E-state index in [0.29, 0.717) is 22.4 Å². The van der Waals surface area contributed by atoms with E-state index >= 15 is 0 Å². The molecular formula is C18H17N3O4. The quantitative estimate of drug-likeness (QED) is 0.496. The molecule has 0 radical (unpaired) electrons. The topological polar surface area (TPSA) is 96.9 Å². The highest BCUT2D eigenvalue weighted by molar-refractivity contribution is 5.97. The van der Waals surface area contributed by atoms with Crippen LogP contribution in [0, 0.1) is 0 Å². The second-order valence-corrected chi connectivity index (χ2v) is 5.07. The van der Waals surface area contributed by atoms with Crippen molar-refractivity contribution in [3.8, 4) is 0 Å². The van der Waals surface area contributed by atoms with Gasteiger partial charge >= 0.3 is 5.97 Å². The second kappa shape index (κ2) is 8.39. The highest BCUT2D eigenvalue weighted by atomic mass is 16.5. The zero-order chi connectivity index (χ0) is 18.2. The second-order valence-electron chi connectivity index (χ2n) is 5.07. The molecule has 25 heavy (non-hydrogen) atoms. The number of hydrogen-bond acceptors (Lipinski definition) is 5. The Bertz CT molecular complexity index is 813. The van der Waals surface area contributed by atoms with E-state index in [-0.39, 0.29) is 5.91 Å². The van der Waals surface area contributed by atoms with E-state index in [1.807, 2.05) is 0 Å². The zero-order valence-corrected chi connectivity index (χ0v) is 13.8. The third kappa shape index (κ3) is 5.28. The molecular weight excluding hydrogens is 322 g/mol. The number of hydrogen-bond donors (Lipinski definition) is 2. The third-order valence-electron chi connectivity index (χ3n) is 3.16. The van der Waals surface area contributed by atoms with Crippen LogP contribution in [0.2, 0.25) is 0 Å². The summed E-state index contributed by atoms with van der Waals surface area (Å²) in [6, 6.07) is 13.1. The van der Waals surface area contributed by atoms with Gasteiger partial charge in [0.15, 0.2) is 0 Å². The molecule has 128 valence electrons. The minimum atomic E-state index is -0.421. The predicted octanol–water partition coefficient (Wildman–Crippen LogP) is 2.20. The van der Waals surface area contributed by atoms with Crippen molar-refractivity contribution in [3.05, 3.63) is 65.2 Å². The maximum absolute atomic E-state index is 12.1. The summed E-state index contributed by atoms with van der Waals surface area (Å²) in [6.07, 6.45) is 1.45. The molecule has 2 aromatic carbocycles. The van der Waals surface area contributed by atoms with E-state index in [0.717, 1.165) is 0 Å². The van der Waals surface area contributed by atoms with Gasteiger partial charge in [-0.05, 0) is 35.9 Å². The van der Waals surface area contributed by atoms with E-state index in [4.69, 9.17) is 0 Å². The molecule has 0 bridgehead atoms. The Morgan fingerprint density at radius 3 is 2.40 bits per heavy atom. The summed E-state index contributed by atoms with van der Waals surface area (Å²) in [5.41, 5.74) is 4.44. The molecule has 0 fully saturated rings. The van der Waals surface area contributed by atoms with Gasteiger partial charge in [0.25, 0.3) is 5.91 Å². The number of anilines is 1. The van der Waals surface area contributed by atoms with E-state index in [1.54, 1.807) is 48.5 Å². The molecule has 0 unspecified atom stereocenters. The van der Waals surface area contributed by atoms with Crippen molar-refractivity contribution in [3.63, 3.8) is 0 Å². The number of nitrogens with one attached hydrogen (secondary N) is 2. The molecule has 2 amide bonds. The van der Waals surface area contributed by atoms with Crippen molar-refractivity contribution in [1.29, 1.82) is 0 Å². The molecule has 0 atom stereocenters. The molecule has 0 aliphatic carbocycles. The smallest absolute Gasteiger partial charge is 0.337 e. The van der Waals surface area contributed by atoms with Gasteiger partial charge in [0.05, 0.1) is 18.9 Å². The molecule has 0 spiro atoms. The van der Waals surface area contributed by atoms with Crippen LogP contribution in [-0.2, 0) is 9.53 Å². The minimum Gasteiger partial charge on any atom is -0.465 e. The molecule has 2 aromatic rings.